The number of ether oxygens (including phenoxy) is 2. The molecule has 0 saturated carbocycles. The predicted octanol–water partition coefficient (Wildman–Crippen LogP) is 4.54. The molecule has 9 nitrogen and oxygen atoms in total. The van der Waals surface area contributed by atoms with E-state index < -0.39 is 28.5 Å². The van der Waals surface area contributed by atoms with Gasteiger partial charge < -0.3 is 19.7 Å². The number of carbonyl (C=O) groups excluding carboxylic acids is 2. The number of anilines is 1. The van der Waals surface area contributed by atoms with Crippen molar-refractivity contribution >= 4 is 27.5 Å². The predicted molar refractivity (Wildman–Crippen MR) is 160 cm³/mol. The molecule has 0 spiro atoms. The second kappa shape index (κ2) is 14.0. The zero-order chi connectivity index (χ0) is 30.2. The Labute approximate surface area is 243 Å². The van der Waals surface area contributed by atoms with Crippen molar-refractivity contribution in [1.82, 2.24) is 10.2 Å². The molecule has 10 heteroatoms. The van der Waals surface area contributed by atoms with Crippen LogP contribution < -0.4 is 19.1 Å². The number of para-hydroxylation sites is 2. The van der Waals surface area contributed by atoms with E-state index in [9.17, 15) is 18.0 Å². The van der Waals surface area contributed by atoms with Gasteiger partial charge in [-0.1, -0.05) is 48.9 Å². The molecule has 0 aliphatic carbocycles. The van der Waals surface area contributed by atoms with E-state index in [0.717, 1.165) is 21.9 Å². The molecule has 220 valence electrons. The Morgan fingerprint density at radius 1 is 0.902 bits per heavy atom. The Morgan fingerprint density at radius 2 is 1.54 bits per heavy atom. The van der Waals surface area contributed by atoms with Gasteiger partial charge in [0.25, 0.3) is 10.0 Å². The lowest BCUT2D eigenvalue weighted by Gasteiger charge is -2.32. The number of aryl methyl sites for hydroxylation is 1. The lowest BCUT2D eigenvalue weighted by atomic mass is 10.1. The molecule has 0 aromatic heterocycles. The fraction of sp³-hybridized carbons (Fsp3) is 0.355. The van der Waals surface area contributed by atoms with Crippen LogP contribution in [-0.2, 0) is 26.2 Å². The quantitative estimate of drug-likeness (QED) is 0.318. The largest absolute Gasteiger partial charge is 0.497 e. The maximum atomic E-state index is 14.1. The van der Waals surface area contributed by atoms with Gasteiger partial charge in [0.05, 0.1) is 24.8 Å². The number of hydrogen-bond donors (Lipinski definition) is 1. The van der Waals surface area contributed by atoms with Gasteiger partial charge >= 0.3 is 0 Å². The second-order valence-electron chi connectivity index (χ2n) is 9.86. The summed E-state index contributed by atoms with van der Waals surface area (Å²) in [6.07, 6.45) is 0.723. The van der Waals surface area contributed by atoms with Crippen molar-refractivity contribution in [2.45, 2.75) is 57.6 Å². The average molecular weight is 582 g/mol. The summed E-state index contributed by atoms with van der Waals surface area (Å²) >= 11 is 0. The highest BCUT2D eigenvalue weighted by Crippen LogP contribution is 2.32. The number of hydrogen-bond acceptors (Lipinski definition) is 6. The van der Waals surface area contributed by atoms with Crippen LogP contribution in [-0.4, -0.2) is 58.0 Å². The fourth-order valence-electron chi connectivity index (χ4n) is 4.16. The minimum atomic E-state index is -4.19. The van der Waals surface area contributed by atoms with Crippen LogP contribution in [0.5, 0.6) is 11.5 Å². The van der Waals surface area contributed by atoms with E-state index in [1.54, 1.807) is 74.7 Å². The number of carbonyl (C=O) groups is 2. The zero-order valence-electron chi connectivity index (χ0n) is 24.5. The molecule has 3 aromatic carbocycles. The Bertz CT molecular complexity index is 1420. The van der Waals surface area contributed by atoms with Crippen LogP contribution in [0, 0.1) is 6.92 Å². The van der Waals surface area contributed by atoms with Crippen LogP contribution in [0.4, 0.5) is 5.69 Å². The smallest absolute Gasteiger partial charge is 0.264 e. The number of amides is 2. The lowest BCUT2D eigenvalue weighted by Crippen LogP contribution is -2.52. The summed E-state index contributed by atoms with van der Waals surface area (Å²) in [5, 5.41) is 2.93. The summed E-state index contributed by atoms with van der Waals surface area (Å²) < 4.78 is 39.7. The number of nitrogens with zero attached hydrogens (tertiary/aromatic N) is 2. The SMILES string of the molecule is CC[C@H](C)NC(=O)[C@H](C)N(Cc1ccc(OC)cc1)C(=O)CN(c1ccccc1OC)S(=O)(=O)c1ccc(C)cc1. The van der Waals surface area contributed by atoms with Gasteiger partial charge in [0.2, 0.25) is 11.8 Å². The van der Waals surface area contributed by atoms with Crippen molar-refractivity contribution in [2.75, 3.05) is 25.1 Å². The first-order valence-corrected chi connectivity index (χ1v) is 14.9. The molecule has 0 saturated heterocycles. The average Bonchev–Trinajstić information content (AvgIpc) is 2.98. The molecule has 3 aromatic rings. The van der Waals surface area contributed by atoms with Crippen molar-refractivity contribution in [2.24, 2.45) is 0 Å². The second-order valence-corrected chi connectivity index (χ2v) is 11.7. The van der Waals surface area contributed by atoms with Gasteiger partial charge in [-0.05, 0) is 69.2 Å². The van der Waals surface area contributed by atoms with E-state index in [1.165, 1.54) is 24.1 Å². The molecule has 1 N–H and O–H groups in total. The molecule has 0 fully saturated rings. The Kier molecular flexibility index (Phi) is 10.8. The van der Waals surface area contributed by atoms with Crippen LogP contribution in [0.2, 0.25) is 0 Å². The third-order valence-corrected chi connectivity index (χ3v) is 8.70. The van der Waals surface area contributed by atoms with Crippen molar-refractivity contribution < 1.29 is 27.5 Å². The Morgan fingerprint density at radius 3 is 2.12 bits per heavy atom. The van der Waals surface area contributed by atoms with Gasteiger partial charge in [0.15, 0.2) is 0 Å². The number of nitrogens with one attached hydrogen (secondary N) is 1. The maximum Gasteiger partial charge on any atom is 0.264 e. The maximum absolute atomic E-state index is 14.1. The van der Waals surface area contributed by atoms with E-state index in [2.05, 4.69) is 5.32 Å². The number of rotatable bonds is 13. The normalized spacial score (nSPS) is 12.6. The summed E-state index contributed by atoms with van der Waals surface area (Å²) in [7, 11) is -1.19. The first-order chi connectivity index (χ1) is 19.5. The van der Waals surface area contributed by atoms with Gasteiger partial charge in [-0.15, -0.1) is 0 Å². The topological polar surface area (TPSA) is 105 Å². The van der Waals surface area contributed by atoms with Gasteiger partial charge in [-0.2, -0.15) is 0 Å². The molecule has 3 rings (SSSR count). The standard InChI is InChI=1S/C31H39N3O6S/c1-7-23(3)32-31(36)24(4)33(20-25-14-16-26(39-5)17-15-25)30(35)21-34(28-10-8-9-11-29(28)40-6)41(37,38)27-18-12-22(2)13-19-27/h8-19,23-24H,7,20-21H2,1-6H3,(H,32,36)/t23-,24-/m0/s1. The molecular formula is C31H39N3O6S. The van der Waals surface area contributed by atoms with E-state index in [4.69, 9.17) is 9.47 Å². The van der Waals surface area contributed by atoms with Crippen LogP contribution in [0.1, 0.15) is 38.3 Å². The molecule has 0 bridgehead atoms. The summed E-state index contributed by atoms with van der Waals surface area (Å²) in [5.74, 6) is 0.0710. The van der Waals surface area contributed by atoms with Crippen LogP contribution in [0.3, 0.4) is 0 Å². The van der Waals surface area contributed by atoms with Crippen LogP contribution in [0.15, 0.2) is 77.7 Å². The first-order valence-electron chi connectivity index (χ1n) is 13.5. The molecule has 0 unspecified atom stereocenters. The van der Waals surface area contributed by atoms with Gasteiger partial charge in [-0.25, -0.2) is 8.42 Å². The monoisotopic (exact) mass is 581 g/mol. The number of benzene rings is 3. The molecule has 2 amide bonds. The summed E-state index contributed by atoms with van der Waals surface area (Å²) in [5.41, 5.74) is 1.87. The number of methoxy groups -OCH3 is 2. The van der Waals surface area contributed by atoms with Crippen molar-refractivity contribution in [1.29, 1.82) is 0 Å². The molecule has 2 atom stereocenters. The number of sulfonamides is 1. The van der Waals surface area contributed by atoms with E-state index >= 15 is 0 Å². The van der Waals surface area contributed by atoms with Gasteiger partial charge in [0, 0.05) is 12.6 Å². The van der Waals surface area contributed by atoms with Crippen molar-refractivity contribution in [3.63, 3.8) is 0 Å². The zero-order valence-corrected chi connectivity index (χ0v) is 25.3. The van der Waals surface area contributed by atoms with Crippen molar-refractivity contribution in [3.05, 3.63) is 83.9 Å². The Balaban J connectivity index is 2.05. The van der Waals surface area contributed by atoms with E-state index in [-0.39, 0.29) is 29.1 Å². The molecule has 0 aliphatic rings. The van der Waals surface area contributed by atoms with Crippen LogP contribution in [0.25, 0.3) is 0 Å². The Hall–Kier alpha value is -4.05. The molecular weight excluding hydrogens is 542 g/mol. The van der Waals surface area contributed by atoms with Gasteiger partial charge in [0.1, 0.15) is 24.1 Å². The van der Waals surface area contributed by atoms with E-state index in [1.807, 2.05) is 20.8 Å². The molecule has 41 heavy (non-hydrogen) atoms. The minimum Gasteiger partial charge on any atom is -0.497 e. The molecule has 0 heterocycles. The highest BCUT2D eigenvalue weighted by Gasteiger charge is 2.34. The molecule has 0 radical (unpaired) electrons. The van der Waals surface area contributed by atoms with Crippen molar-refractivity contribution in [3.8, 4) is 11.5 Å². The summed E-state index contributed by atoms with van der Waals surface area (Å²) in [6.45, 7) is 6.88. The highest BCUT2D eigenvalue weighted by atomic mass is 32.2. The van der Waals surface area contributed by atoms with Crippen LogP contribution >= 0.6 is 0 Å². The summed E-state index contributed by atoms with van der Waals surface area (Å²) in [6, 6.07) is 19.2. The third-order valence-electron chi connectivity index (χ3n) is 6.92. The first kappa shape index (κ1) is 31.5. The fourth-order valence-corrected chi connectivity index (χ4v) is 5.59. The van der Waals surface area contributed by atoms with E-state index in [0.29, 0.717) is 11.5 Å². The minimum absolute atomic E-state index is 0.0334. The highest BCUT2D eigenvalue weighted by molar-refractivity contribution is 7.92. The summed E-state index contributed by atoms with van der Waals surface area (Å²) in [4.78, 5) is 28.7. The lowest BCUT2D eigenvalue weighted by molar-refractivity contribution is -0.139. The van der Waals surface area contributed by atoms with Gasteiger partial charge in [-0.3, -0.25) is 13.9 Å². The third kappa shape index (κ3) is 7.79. The molecule has 0 aliphatic heterocycles.